The number of nitrogens with one attached hydrogen (secondary N) is 1. The Balaban J connectivity index is 0.000000261. The average molecular weight is 323 g/mol. The van der Waals surface area contributed by atoms with Gasteiger partial charge in [-0.25, -0.2) is 14.6 Å². The number of carbonyl (C=O) groups is 2. The number of aliphatic imine (C=N–C) groups is 1. The summed E-state index contributed by atoms with van der Waals surface area (Å²) in [7, 11) is 0. The molecule has 0 radical (unpaired) electrons. The van der Waals surface area contributed by atoms with Gasteiger partial charge in [0.05, 0.1) is 11.4 Å². The van der Waals surface area contributed by atoms with Gasteiger partial charge in [0.2, 0.25) is 5.13 Å². The van der Waals surface area contributed by atoms with Gasteiger partial charge in [-0.3, -0.25) is 0 Å². The first kappa shape index (κ1) is 16.9. The summed E-state index contributed by atoms with van der Waals surface area (Å²) in [6, 6.07) is 3.85. The van der Waals surface area contributed by atoms with Crippen molar-refractivity contribution >= 4 is 34.4 Å². The summed E-state index contributed by atoms with van der Waals surface area (Å²) in [6.07, 6.45) is 2.96. The van der Waals surface area contributed by atoms with Crippen LogP contribution in [0.25, 0.3) is 11.4 Å². The first-order valence-electron chi connectivity index (χ1n) is 5.71. The number of nitrogens with two attached hydrogens (primary N) is 2. The molecular formula is C12H13N5O4S. The summed E-state index contributed by atoms with van der Waals surface area (Å²) >= 11 is 1.40. The standard InChI is InChI=1S/C8H9N5S.C4H4O4/c9-7(10)13-8-12-6(4-14-8)5-2-1-3-11-5;5-3(6)1-2-4(7)8/h1-4,11H,(H4,9,10,12,13);1-2H,(H,5,6)(H,7,8)/b;2-1-. The first-order chi connectivity index (χ1) is 10.4. The number of aromatic nitrogens is 2. The van der Waals surface area contributed by atoms with Crippen molar-refractivity contribution < 1.29 is 19.8 Å². The van der Waals surface area contributed by atoms with Crippen LogP contribution in [0.1, 0.15) is 0 Å². The molecule has 2 aromatic heterocycles. The van der Waals surface area contributed by atoms with Crippen molar-refractivity contribution in [3.63, 3.8) is 0 Å². The van der Waals surface area contributed by atoms with Gasteiger partial charge in [-0.05, 0) is 12.1 Å². The molecule has 22 heavy (non-hydrogen) atoms. The lowest BCUT2D eigenvalue weighted by molar-refractivity contribution is -0.134. The van der Waals surface area contributed by atoms with E-state index < -0.39 is 11.9 Å². The molecule has 116 valence electrons. The molecule has 0 bridgehead atoms. The van der Waals surface area contributed by atoms with E-state index >= 15 is 0 Å². The number of carboxylic acids is 2. The molecule has 2 heterocycles. The van der Waals surface area contributed by atoms with Gasteiger partial charge in [0.1, 0.15) is 0 Å². The Bertz CT molecular complexity index is 670. The summed E-state index contributed by atoms with van der Waals surface area (Å²) in [5, 5.41) is 18.1. The van der Waals surface area contributed by atoms with Gasteiger partial charge in [-0.1, -0.05) is 0 Å². The second-order valence-corrected chi connectivity index (χ2v) is 4.48. The van der Waals surface area contributed by atoms with Gasteiger partial charge in [0, 0.05) is 23.7 Å². The second kappa shape index (κ2) is 8.21. The molecule has 0 fully saturated rings. The normalized spacial score (nSPS) is 9.82. The number of carboxylic acid groups (broad SMARTS) is 2. The van der Waals surface area contributed by atoms with E-state index in [1.54, 1.807) is 0 Å². The van der Waals surface area contributed by atoms with Crippen LogP contribution in [0.4, 0.5) is 5.13 Å². The van der Waals surface area contributed by atoms with Crippen LogP contribution in [0.2, 0.25) is 0 Å². The summed E-state index contributed by atoms with van der Waals surface area (Å²) < 4.78 is 0. The number of thiazole rings is 1. The van der Waals surface area contributed by atoms with E-state index in [0.29, 0.717) is 17.3 Å². The Morgan fingerprint density at radius 1 is 1.27 bits per heavy atom. The Morgan fingerprint density at radius 3 is 2.36 bits per heavy atom. The molecule has 10 heteroatoms. The Morgan fingerprint density at radius 2 is 1.91 bits per heavy atom. The molecule has 9 nitrogen and oxygen atoms in total. The van der Waals surface area contributed by atoms with Gasteiger partial charge in [-0.2, -0.15) is 4.99 Å². The topological polar surface area (TPSA) is 168 Å². The van der Waals surface area contributed by atoms with Crippen LogP contribution >= 0.6 is 11.3 Å². The fourth-order valence-corrected chi connectivity index (χ4v) is 1.89. The van der Waals surface area contributed by atoms with E-state index in [9.17, 15) is 9.59 Å². The zero-order chi connectivity index (χ0) is 16.5. The molecule has 0 atom stereocenters. The van der Waals surface area contributed by atoms with Crippen molar-refractivity contribution in [2.45, 2.75) is 0 Å². The predicted molar refractivity (Wildman–Crippen MR) is 81.8 cm³/mol. The molecule has 7 N–H and O–H groups in total. The maximum absolute atomic E-state index is 9.55. The van der Waals surface area contributed by atoms with Crippen molar-refractivity contribution in [1.29, 1.82) is 0 Å². The third-order valence-corrected chi connectivity index (χ3v) is 2.69. The predicted octanol–water partition coefficient (Wildman–Crippen LogP) is 0.755. The number of hydrogen-bond acceptors (Lipinski definition) is 5. The molecule has 0 aliphatic heterocycles. The zero-order valence-electron chi connectivity index (χ0n) is 11.1. The molecule has 0 saturated carbocycles. The first-order valence-corrected chi connectivity index (χ1v) is 6.59. The van der Waals surface area contributed by atoms with Crippen LogP contribution in [0.15, 0.2) is 40.9 Å². The van der Waals surface area contributed by atoms with Crippen molar-refractivity contribution in [3.05, 3.63) is 35.9 Å². The molecule has 2 aromatic rings. The molecule has 0 spiro atoms. The summed E-state index contributed by atoms with van der Waals surface area (Å²) in [5.74, 6) is -2.49. The van der Waals surface area contributed by atoms with E-state index in [-0.39, 0.29) is 5.96 Å². The monoisotopic (exact) mass is 323 g/mol. The minimum Gasteiger partial charge on any atom is -0.478 e. The van der Waals surface area contributed by atoms with Gasteiger partial charge in [0.25, 0.3) is 0 Å². The van der Waals surface area contributed by atoms with Gasteiger partial charge >= 0.3 is 11.9 Å². The fraction of sp³-hybridized carbons (Fsp3) is 0. The highest BCUT2D eigenvalue weighted by atomic mass is 32.1. The highest BCUT2D eigenvalue weighted by Crippen LogP contribution is 2.25. The number of nitrogens with zero attached hydrogens (tertiary/aromatic N) is 2. The van der Waals surface area contributed by atoms with E-state index in [1.807, 2.05) is 23.7 Å². The summed E-state index contributed by atoms with van der Waals surface area (Å²) in [6.45, 7) is 0. The van der Waals surface area contributed by atoms with Crippen molar-refractivity contribution in [3.8, 4) is 11.4 Å². The van der Waals surface area contributed by atoms with Gasteiger partial charge in [0.15, 0.2) is 5.96 Å². The molecule has 0 aromatic carbocycles. The van der Waals surface area contributed by atoms with E-state index in [4.69, 9.17) is 21.7 Å². The third kappa shape index (κ3) is 6.34. The quantitative estimate of drug-likeness (QED) is 0.314. The van der Waals surface area contributed by atoms with E-state index in [1.165, 1.54) is 11.3 Å². The number of rotatable bonds is 4. The SMILES string of the molecule is NC(N)=Nc1nc(-c2ccc[nH]2)cs1.O=C(O)/C=C\C(=O)O. The highest BCUT2D eigenvalue weighted by molar-refractivity contribution is 7.13. The smallest absolute Gasteiger partial charge is 0.328 e. The summed E-state index contributed by atoms with van der Waals surface area (Å²) in [4.78, 5) is 30.2. The van der Waals surface area contributed by atoms with Crippen LogP contribution in [0.3, 0.4) is 0 Å². The number of aromatic amines is 1. The number of guanidine groups is 1. The molecule has 0 aliphatic rings. The van der Waals surface area contributed by atoms with Crippen LogP contribution in [0, 0.1) is 0 Å². The van der Waals surface area contributed by atoms with Gasteiger partial charge < -0.3 is 26.7 Å². The maximum Gasteiger partial charge on any atom is 0.328 e. The highest BCUT2D eigenvalue weighted by Gasteiger charge is 2.03. The summed E-state index contributed by atoms with van der Waals surface area (Å²) in [5.41, 5.74) is 12.3. The Labute approximate surface area is 128 Å². The van der Waals surface area contributed by atoms with Crippen LogP contribution in [-0.4, -0.2) is 38.1 Å². The van der Waals surface area contributed by atoms with Crippen LogP contribution < -0.4 is 11.5 Å². The lowest BCUT2D eigenvalue weighted by Gasteiger charge is -1.88. The maximum atomic E-state index is 9.55. The molecule has 0 aliphatic carbocycles. The number of H-pyrrole nitrogens is 1. The third-order valence-electron chi connectivity index (χ3n) is 1.96. The molecule has 0 unspecified atom stereocenters. The Hall–Kier alpha value is -3.14. The zero-order valence-corrected chi connectivity index (χ0v) is 11.9. The minimum absolute atomic E-state index is 0.0254. The molecule has 2 rings (SSSR count). The second-order valence-electron chi connectivity index (χ2n) is 3.65. The lowest BCUT2D eigenvalue weighted by Crippen LogP contribution is -2.21. The van der Waals surface area contributed by atoms with Crippen molar-refractivity contribution in [2.24, 2.45) is 16.5 Å². The molecule has 0 amide bonds. The molecule has 0 saturated heterocycles. The van der Waals surface area contributed by atoms with E-state index in [0.717, 1.165) is 11.4 Å². The number of hydrogen-bond donors (Lipinski definition) is 5. The average Bonchev–Trinajstić information content (AvgIpc) is 3.06. The number of aliphatic carboxylic acids is 2. The molecular weight excluding hydrogens is 310 g/mol. The van der Waals surface area contributed by atoms with Crippen molar-refractivity contribution in [1.82, 2.24) is 9.97 Å². The van der Waals surface area contributed by atoms with Crippen molar-refractivity contribution in [2.75, 3.05) is 0 Å². The lowest BCUT2D eigenvalue weighted by atomic mass is 10.3. The van der Waals surface area contributed by atoms with Crippen LogP contribution in [-0.2, 0) is 9.59 Å². The van der Waals surface area contributed by atoms with Crippen LogP contribution in [0.5, 0.6) is 0 Å². The Kier molecular flexibility index (Phi) is 6.32. The fourth-order valence-electron chi connectivity index (χ4n) is 1.18. The minimum atomic E-state index is -1.26. The van der Waals surface area contributed by atoms with E-state index in [2.05, 4.69) is 15.0 Å². The van der Waals surface area contributed by atoms with Gasteiger partial charge in [-0.15, -0.1) is 11.3 Å². The largest absolute Gasteiger partial charge is 0.478 e.